The molecule has 0 aliphatic carbocycles. The molecule has 1 atom stereocenters. The van der Waals surface area contributed by atoms with Gasteiger partial charge in [0.15, 0.2) is 0 Å². The van der Waals surface area contributed by atoms with Crippen LogP contribution in [0.5, 0.6) is 5.75 Å². The SMILES string of the molecule is COc1cccc(/C(O)=C2\C(=O)C(=O)N(CCCn3ccnc3)[C@@H]2c2cccc(F)c2)c1. The zero-order valence-corrected chi connectivity index (χ0v) is 17.4. The Morgan fingerprint density at radius 3 is 2.69 bits per heavy atom. The maximum absolute atomic E-state index is 14.0. The minimum Gasteiger partial charge on any atom is -0.507 e. The number of methoxy groups -OCH3 is 1. The predicted octanol–water partition coefficient (Wildman–Crippen LogP) is 3.54. The van der Waals surface area contributed by atoms with Crippen LogP contribution in [0.1, 0.15) is 23.6 Å². The number of aliphatic hydroxyl groups excluding tert-OH is 1. The van der Waals surface area contributed by atoms with Crippen LogP contribution in [0.15, 0.2) is 72.8 Å². The Balaban J connectivity index is 1.75. The molecule has 2 heterocycles. The summed E-state index contributed by atoms with van der Waals surface area (Å²) >= 11 is 0. The molecule has 1 aliphatic rings. The van der Waals surface area contributed by atoms with E-state index in [0.29, 0.717) is 29.8 Å². The zero-order valence-electron chi connectivity index (χ0n) is 17.4. The van der Waals surface area contributed by atoms with Gasteiger partial charge in [-0.05, 0) is 36.2 Å². The molecule has 1 saturated heterocycles. The molecule has 1 aliphatic heterocycles. The minimum absolute atomic E-state index is 0.0727. The number of likely N-dealkylation sites (tertiary alicyclic amines) is 1. The topological polar surface area (TPSA) is 84.7 Å². The van der Waals surface area contributed by atoms with E-state index < -0.39 is 23.5 Å². The molecule has 32 heavy (non-hydrogen) atoms. The maximum Gasteiger partial charge on any atom is 0.295 e. The number of ketones is 1. The van der Waals surface area contributed by atoms with Gasteiger partial charge in [-0.25, -0.2) is 9.37 Å². The van der Waals surface area contributed by atoms with Crippen molar-refractivity contribution in [3.63, 3.8) is 0 Å². The van der Waals surface area contributed by atoms with Crippen molar-refractivity contribution in [3.8, 4) is 5.75 Å². The van der Waals surface area contributed by atoms with Gasteiger partial charge in [-0.1, -0.05) is 24.3 Å². The number of aromatic nitrogens is 2. The van der Waals surface area contributed by atoms with E-state index in [9.17, 15) is 19.1 Å². The first-order valence-corrected chi connectivity index (χ1v) is 10.1. The maximum atomic E-state index is 14.0. The molecule has 1 fully saturated rings. The number of carbonyl (C=O) groups excluding carboxylic acids is 2. The summed E-state index contributed by atoms with van der Waals surface area (Å²) in [6.07, 6.45) is 5.68. The van der Waals surface area contributed by atoms with Crippen molar-refractivity contribution in [2.24, 2.45) is 0 Å². The summed E-state index contributed by atoms with van der Waals surface area (Å²) in [4.78, 5) is 31.3. The fourth-order valence-corrected chi connectivity index (χ4v) is 3.90. The second kappa shape index (κ2) is 9.05. The molecule has 1 N–H and O–H groups in total. The molecule has 164 valence electrons. The molecular weight excluding hydrogens is 413 g/mol. The summed E-state index contributed by atoms with van der Waals surface area (Å²) in [6.45, 7) is 0.841. The molecule has 2 aromatic carbocycles. The smallest absolute Gasteiger partial charge is 0.295 e. The van der Waals surface area contributed by atoms with Crippen molar-refractivity contribution in [1.82, 2.24) is 14.5 Å². The number of amides is 1. The summed E-state index contributed by atoms with van der Waals surface area (Å²) in [5, 5.41) is 11.0. The first-order valence-electron chi connectivity index (χ1n) is 10.1. The molecule has 0 spiro atoms. The molecule has 0 unspecified atom stereocenters. The monoisotopic (exact) mass is 435 g/mol. The van der Waals surface area contributed by atoms with Crippen molar-refractivity contribution in [3.05, 3.63) is 89.8 Å². The Morgan fingerprint density at radius 1 is 1.16 bits per heavy atom. The van der Waals surface area contributed by atoms with Crippen LogP contribution in [0.2, 0.25) is 0 Å². The number of rotatable bonds is 7. The highest BCUT2D eigenvalue weighted by molar-refractivity contribution is 6.46. The molecule has 1 aromatic heterocycles. The van der Waals surface area contributed by atoms with Gasteiger partial charge < -0.3 is 19.3 Å². The molecule has 8 heteroatoms. The van der Waals surface area contributed by atoms with Crippen LogP contribution in [-0.4, -0.2) is 44.9 Å². The van der Waals surface area contributed by atoms with Gasteiger partial charge in [-0.2, -0.15) is 0 Å². The van der Waals surface area contributed by atoms with Crippen molar-refractivity contribution < 1.29 is 23.8 Å². The predicted molar refractivity (Wildman–Crippen MR) is 115 cm³/mol. The van der Waals surface area contributed by atoms with Crippen LogP contribution in [0, 0.1) is 5.82 Å². The molecule has 7 nitrogen and oxygen atoms in total. The fourth-order valence-electron chi connectivity index (χ4n) is 3.90. The largest absolute Gasteiger partial charge is 0.507 e. The summed E-state index contributed by atoms with van der Waals surface area (Å²) < 4.78 is 21.1. The third kappa shape index (κ3) is 4.12. The minimum atomic E-state index is -0.903. The third-order valence-corrected chi connectivity index (χ3v) is 5.42. The van der Waals surface area contributed by atoms with Gasteiger partial charge in [0.2, 0.25) is 0 Å². The lowest BCUT2D eigenvalue weighted by Crippen LogP contribution is -2.31. The van der Waals surface area contributed by atoms with E-state index in [1.807, 2.05) is 4.57 Å². The van der Waals surface area contributed by atoms with Crippen molar-refractivity contribution in [2.45, 2.75) is 19.0 Å². The van der Waals surface area contributed by atoms with E-state index in [1.165, 1.54) is 30.2 Å². The van der Waals surface area contributed by atoms with Gasteiger partial charge in [0.05, 0.1) is 25.1 Å². The first-order chi connectivity index (χ1) is 15.5. The van der Waals surface area contributed by atoms with E-state index in [1.54, 1.807) is 49.1 Å². The lowest BCUT2D eigenvalue weighted by molar-refractivity contribution is -0.139. The van der Waals surface area contributed by atoms with Gasteiger partial charge in [-0.15, -0.1) is 0 Å². The lowest BCUT2D eigenvalue weighted by Gasteiger charge is -2.25. The summed E-state index contributed by atoms with van der Waals surface area (Å²) in [6, 6.07) is 11.4. The van der Waals surface area contributed by atoms with E-state index in [2.05, 4.69) is 4.98 Å². The average molecular weight is 435 g/mol. The summed E-state index contributed by atoms with van der Waals surface area (Å²) in [7, 11) is 1.49. The normalized spacial score (nSPS) is 17.7. The van der Waals surface area contributed by atoms with E-state index >= 15 is 0 Å². The number of hydrogen-bond acceptors (Lipinski definition) is 5. The number of Topliss-reactive ketones (excluding diaryl/α,β-unsaturated/α-hetero) is 1. The zero-order chi connectivity index (χ0) is 22.7. The second-order valence-corrected chi connectivity index (χ2v) is 7.43. The third-order valence-electron chi connectivity index (χ3n) is 5.42. The van der Waals surface area contributed by atoms with E-state index in [0.717, 1.165) is 0 Å². The van der Waals surface area contributed by atoms with Gasteiger partial charge >= 0.3 is 0 Å². The summed E-state index contributed by atoms with van der Waals surface area (Å²) in [5.41, 5.74) is 0.676. The number of nitrogens with zero attached hydrogens (tertiary/aromatic N) is 3. The Kier molecular flexibility index (Phi) is 6.02. The molecule has 0 radical (unpaired) electrons. The molecule has 0 bridgehead atoms. The molecular formula is C24H22FN3O4. The van der Waals surface area contributed by atoms with Crippen LogP contribution in [-0.2, 0) is 16.1 Å². The van der Waals surface area contributed by atoms with Crippen LogP contribution >= 0.6 is 0 Å². The second-order valence-electron chi connectivity index (χ2n) is 7.43. The lowest BCUT2D eigenvalue weighted by atomic mass is 9.95. The average Bonchev–Trinajstić information content (AvgIpc) is 3.41. The number of carbonyl (C=O) groups is 2. The van der Waals surface area contributed by atoms with Gasteiger partial charge in [0, 0.05) is 31.0 Å². The highest BCUT2D eigenvalue weighted by Crippen LogP contribution is 2.40. The number of aliphatic hydroxyl groups is 1. The first kappa shape index (κ1) is 21.3. The summed E-state index contributed by atoms with van der Waals surface area (Å²) in [5.74, 6) is -1.86. The molecule has 1 amide bonds. The van der Waals surface area contributed by atoms with Gasteiger partial charge in [0.1, 0.15) is 17.3 Å². The van der Waals surface area contributed by atoms with Gasteiger partial charge in [0.25, 0.3) is 11.7 Å². The standard InChI is InChI=1S/C24H22FN3O4/c1-32-19-8-3-6-17(14-19)22(29)20-21(16-5-2-7-18(25)13-16)28(24(31)23(20)30)11-4-10-27-12-9-26-15-27/h2-3,5-9,12-15,21,29H,4,10-11H2,1H3/b22-20+/t21-/m1/s1. The van der Waals surface area contributed by atoms with Crippen LogP contribution < -0.4 is 4.74 Å². The number of ether oxygens (including phenoxy) is 1. The number of benzene rings is 2. The van der Waals surface area contributed by atoms with Crippen LogP contribution in [0.3, 0.4) is 0 Å². The Hall–Kier alpha value is -3.94. The highest BCUT2D eigenvalue weighted by Gasteiger charge is 2.45. The Morgan fingerprint density at radius 2 is 1.97 bits per heavy atom. The number of imidazole rings is 1. The number of halogens is 1. The van der Waals surface area contributed by atoms with Gasteiger partial charge in [-0.3, -0.25) is 9.59 Å². The Bertz CT molecular complexity index is 1170. The molecule has 3 aromatic rings. The molecule has 0 saturated carbocycles. The quantitative estimate of drug-likeness (QED) is 0.349. The van der Waals surface area contributed by atoms with Crippen LogP contribution in [0.4, 0.5) is 4.39 Å². The molecule has 4 rings (SSSR count). The van der Waals surface area contributed by atoms with E-state index in [-0.39, 0.29) is 17.9 Å². The highest BCUT2D eigenvalue weighted by atomic mass is 19.1. The van der Waals surface area contributed by atoms with Crippen molar-refractivity contribution in [2.75, 3.05) is 13.7 Å². The van der Waals surface area contributed by atoms with E-state index in [4.69, 9.17) is 4.74 Å². The fraction of sp³-hybridized carbons (Fsp3) is 0.208. The number of aryl methyl sites for hydroxylation is 1. The Labute approximate surface area is 184 Å². The van der Waals surface area contributed by atoms with Crippen molar-refractivity contribution >= 4 is 17.4 Å². The number of hydrogen-bond donors (Lipinski definition) is 1. The van der Waals surface area contributed by atoms with Crippen molar-refractivity contribution in [1.29, 1.82) is 0 Å². The van der Waals surface area contributed by atoms with Crippen LogP contribution in [0.25, 0.3) is 5.76 Å².